The van der Waals surface area contributed by atoms with Gasteiger partial charge in [0.05, 0.1) is 6.54 Å². The Hall–Kier alpha value is -1.35. The van der Waals surface area contributed by atoms with Crippen LogP contribution in [0.15, 0.2) is 40.8 Å². The summed E-state index contributed by atoms with van der Waals surface area (Å²) in [6.45, 7) is 3.60. The third kappa shape index (κ3) is 5.62. The minimum atomic E-state index is 0. The Morgan fingerprint density at radius 3 is 2.92 bits per heavy atom. The highest BCUT2D eigenvalue weighted by atomic mass is 127. The molecule has 1 saturated heterocycles. The van der Waals surface area contributed by atoms with Crippen molar-refractivity contribution in [1.82, 2.24) is 10.3 Å². The second-order valence-corrected chi connectivity index (χ2v) is 6.71. The summed E-state index contributed by atoms with van der Waals surface area (Å²) >= 11 is 1.77. The van der Waals surface area contributed by atoms with E-state index >= 15 is 0 Å². The van der Waals surface area contributed by atoms with E-state index in [0.29, 0.717) is 12.5 Å². The van der Waals surface area contributed by atoms with Gasteiger partial charge >= 0.3 is 0 Å². The number of aliphatic imine (C=N–C) groups is 1. The molecule has 0 unspecified atom stereocenters. The lowest BCUT2D eigenvalue weighted by atomic mass is 10.2. The molecule has 0 atom stereocenters. The van der Waals surface area contributed by atoms with Gasteiger partial charge in [0, 0.05) is 30.7 Å². The maximum absolute atomic E-state index is 5.94. The number of hydrogen-bond donors (Lipinski definition) is 2. The van der Waals surface area contributed by atoms with Crippen molar-refractivity contribution in [2.45, 2.75) is 25.8 Å². The maximum atomic E-state index is 5.94. The van der Waals surface area contributed by atoms with Gasteiger partial charge in [0.15, 0.2) is 5.96 Å². The molecular weight excluding hydrogens is 433 g/mol. The first-order valence-corrected chi connectivity index (χ1v) is 8.95. The van der Waals surface area contributed by atoms with E-state index in [4.69, 9.17) is 5.73 Å². The normalized spacial score (nSPS) is 14.5. The quantitative estimate of drug-likeness (QED) is 0.398. The molecule has 0 radical (unpaired) electrons. The van der Waals surface area contributed by atoms with Crippen LogP contribution in [0.4, 0.5) is 5.82 Å². The Balaban J connectivity index is 0.00000208. The summed E-state index contributed by atoms with van der Waals surface area (Å²) in [6.07, 6.45) is 5.34. The summed E-state index contributed by atoms with van der Waals surface area (Å²) in [5.41, 5.74) is 7.08. The molecule has 130 valence electrons. The molecule has 7 heteroatoms. The zero-order valence-corrected chi connectivity index (χ0v) is 16.8. The number of pyridine rings is 1. The summed E-state index contributed by atoms with van der Waals surface area (Å²) < 4.78 is 0. The highest BCUT2D eigenvalue weighted by Gasteiger charge is 2.13. The van der Waals surface area contributed by atoms with Crippen molar-refractivity contribution < 1.29 is 0 Å². The Bertz CT molecular complexity index is 638. The average molecular weight is 457 g/mol. The van der Waals surface area contributed by atoms with Crippen LogP contribution >= 0.6 is 35.3 Å². The molecule has 1 aliphatic rings. The molecule has 0 aliphatic carbocycles. The minimum Gasteiger partial charge on any atom is -0.370 e. The van der Waals surface area contributed by atoms with Crippen LogP contribution in [0.3, 0.4) is 0 Å². The number of guanidine groups is 1. The Labute approximate surface area is 164 Å². The number of rotatable bonds is 6. The molecule has 3 rings (SSSR count). The van der Waals surface area contributed by atoms with Crippen molar-refractivity contribution in [3.63, 3.8) is 0 Å². The summed E-state index contributed by atoms with van der Waals surface area (Å²) in [4.78, 5) is 12.6. The largest absolute Gasteiger partial charge is 0.370 e. The highest BCUT2D eigenvalue weighted by molar-refractivity contribution is 14.0. The predicted octanol–water partition coefficient (Wildman–Crippen LogP) is 3.01. The first kappa shape index (κ1) is 19.0. The van der Waals surface area contributed by atoms with Gasteiger partial charge in [-0.15, -0.1) is 35.3 Å². The molecule has 5 nitrogen and oxygen atoms in total. The van der Waals surface area contributed by atoms with Gasteiger partial charge < -0.3 is 16.0 Å². The van der Waals surface area contributed by atoms with Crippen molar-refractivity contribution in [3.05, 3.63) is 46.3 Å². The fourth-order valence-corrected chi connectivity index (χ4v) is 3.39. The molecule has 2 aromatic rings. The van der Waals surface area contributed by atoms with E-state index in [1.807, 2.05) is 12.3 Å². The Morgan fingerprint density at radius 1 is 1.33 bits per heavy atom. The number of nitrogens with one attached hydrogen (secondary N) is 1. The lowest BCUT2D eigenvalue weighted by Gasteiger charge is -2.16. The van der Waals surface area contributed by atoms with Crippen molar-refractivity contribution in [3.8, 4) is 0 Å². The summed E-state index contributed by atoms with van der Waals surface area (Å²) in [7, 11) is 0. The number of hydrogen-bond acceptors (Lipinski definition) is 4. The molecule has 0 amide bonds. The molecule has 0 saturated carbocycles. The smallest absolute Gasteiger partial charge is 0.188 e. The van der Waals surface area contributed by atoms with Gasteiger partial charge in [-0.3, -0.25) is 0 Å². The average Bonchev–Trinajstić information content (AvgIpc) is 3.27. The number of anilines is 1. The standard InChI is InChI=1S/C17H23N5S.HI/c18-17(20-8-6-15-4-3-11-23-15)21-13-14-5-7-19-16(12-14)22-9-1-2-10-22;/h3-5,7,11-12H,1-2,6,8-10,13H2,(H3,18,20,21);1H. The zero-order chi connectivity index (χ0) is 15.9. The first-order chi connectivity index (χ1) is 11.3. The van der Waals surface area contributed by atoms with E-state index in [9.17, 15) is 0 Å². The maximum Gasteiger partial charge on any atom is 0.188 e. The molecule has 0 spiro atoms. The summed E-state index contributed by atoms with van der Waals surface area (Å²) in [6, 6.07) is 8.32. The summed E-state index contributed by atoms with van der Waals surface area (Å²) in [5, 5.41) is 5.26. The van der Waals surface area contributed by atoms with Gasteiger partial charge in [0.2, 0.25) is 0 Å². The molecule has 1 fully saturated rings. The minimum absolute atomic E-state index is 0. The van der Waals surface area contributed by atoms with Gasteiger partial charge in [-0.2, -0.15) is 0 Å². The van der Waals surface area contributed by atoms with Crippen LogP contribution in [0.5, 0.6) is 0 Å². The first-order valence-electron chi connectivity index (χ1n) is 8.07. The SMILES string of the molecule is I.NC(=NCc1ccnc(N2CCCC2)c1)NCCc1cccs1. The molecule has 2 aromatic heterocycles. The zero-order valence-electron chi connectivity index (χ0n) is 13.6. The molecule has 3 heterocycles. The topological polar surface area (TPSA) is 66.5 Å². The molecule has 3 N–H and O–H groups in total. The predicted molar refractivity (Wildman–Crippen MR) is 112 cm³/mol. The van der Waals surface area contributed by atoms with Crippen LogP contribution in [0.1, 0.15) is 23.3 Å². The van der Waals surface area contributed by atoms with Crippen molar-refractivity contribution in [2.24, 2.45) is 10.7 Å². The summed E-state index contributed by atoms with van der Waals surface area (Å²) in [5.74, 6) is 1.56. The third-order valence-electron chi connectivity index (χ3n) is 3.93. The number of aromatic nitrogens is 1. The van der Waals surface area contributed by atoms with Gasteiger partial charge in [-0.05, 0) is 48.4 Å². The second kappa shape index (κ2) is 9.83. The number of thiophene rings is 1. The van der Waals surface area contributed by atoms with E-state index < -0.39 is 0 Å². The van der Waals surface area contributed by atoms with Gasteiger partial charge in [0.1, 0.15) is 5.82 Å². The van der Waals surface area contributed by atoms with Gasteiger partial charge in [-0.1, -0.05) is 6.07 Å². The Morgan fingerprint density at radius 2 is 2.17 bits per heavy atom. The van der Waals surface area contributed by atoms with Gasteiger partial charge in [0.25, 0.3) is 0 Å². The molecular formula is C17H24IN5S. The van der Waals surface area contributed by atoms with E-state index in [1.54, 1.807) is 11.3 Å². The van der Waals surface area contributed by atoms with Crippen LogP contribution in [-0.2, 0) is 13.0 Å². The molecule has 0 aromatic carbocycles. The number of nitrogens with zero attached hydrogens (tertiary/aromatic N) is 3. The van der Waals surface area contributed by atoms with Crippen LogP contribution in [0, 0.1) is 0 Å². The number of nitrogens with two attached hydrogens (primary N) is 1. The molecule has 0 bridgehead atoms. The van der Waals surface area contributed by atoms with Crippen molar-refractivity contribution in [2.75, 3.05) is 24.5 Å². The lowest BCUT2D eigenvalue weighted by Crippen LogP contribution is -2.33. The van der Waals surface area contributed by atoms with Crippen LogP contribution in [0.25, 0.3) is 0 Å². The highest BCUT2D eigenvalue weighted by Crippen LogP contribution is 2.18. The van der Waals surface area contributed by atoms with E-state index in [0.717, 1.165) is 37.4 Å². The van der Waals surface area contributed by atoms with E-state index in [1.165, 1.54) is 17.7 Å². The fraction of sp³-hybridized carbons (Fsp3) is 0.412. The van der Waals surface area contributed by atoms with Crippen molar-refractivity contribution >= 4 is 47.1 Å². The second-order valence-electron chi connectivity index (χ2n) is 5.67. The molecule has 1 aliphatic heterocycles. The fourth-order valence-electron chi connectivity index (χ4n) is 2.68. The van der Waals surface area contributed by atoms with Crippen LogP contribution in [0.2, 0.25) is 0 Å². The van der Waals surface area contributed by atoms with Crippen molar-refractivity contribution in [1.29, 1.82) is 0 Å². The van der Waals surface area contributed by atoms with E-state index in [-0.39, 0.29) is 24.0 Å². The molecule has 24 heavy (non-hydrogen) atoms. The number of halogens is 1. The van der Waals surface area contributed by atoms with Crippen LogP contribution in [-0.4, -0.2) is 30.6 Å². The monoisotopic (exact) mass is 457 g/mol. The third-order valence-corrected chi connectivity index (χ3v) is 4.87. The van der Waals surface area contributed by atoms with E-state index in [2.05, 4.69) is 43.8 Å². The Kier molecular flexibility index (Phi) is 7.77. The lowest BCUT2D eigenvalue weighted by molar-refractivity contribution is 0.856. The van der Waals surface area contributed by atoms with Crippen LogP contribution < -0.4 is 16.0 Å². The van der Waals surface area contributed by atoms with Gasteiger partial charge in [-0.25, -0.2) is 9.98 Å².